The molecule has 0 aromatic carbocycles. The number of hydrogen-bond acceptors (Lipinski definition) is 3. The second kappa shape index (κ2) is 15.6. The van der Waals surface area contributed by atoms with Gasteiger partial charge in [-0.05, 0) is 116 Å². The number of rotatable bonds is 15. The minimum atomic E-state index is -0.349. The van der Waals surface area contributed by atoms with Crippen LogP contribution < -0.4 is 0 Å². The molecule has 0 amide bonds. The van der Waals surface area contributed by atoms with Crippen LogP contribution in [0.3, 0.4) is 0 Å². The highest BCUT2D eigenvalue weighted by atomic mass is 16.5. The van der Waals surface area contributed by atoms with Crippen molar-refractivity contribution in [3.8, 4) is 0 Å². The zero-order chi connectivity index (χ0) is 35.7. The zero-order valence-corrected chi connectivity index (χ0v) is 33.9. The molecule has 0 aromatic heterocycles. The number of aliphatic hydroxyl groups is 1. The Bertz CT molecular complexity index is 1140. The van der Waals surface area contributed by atoms with E-state index in [0.717, 1.165) is 43.9 Å². The van der Waals surface area contributed by atoms with E-state index >= 15 is 0 Å². The maximum atomic E-state index is 13.2. The third-order valence-corrected chi connectivity index (χ3v) is 17.1. The summed E-state index contributed by atoms with van der Waals surface area (Å²) < 4.78 is 6.36. The number of ether oxygens (including phenoxy) is 1. The molecule has 3 nitrogen and oxygen atoms in total. The lowest BCUT2D eigenvalue weighted by Crippen LogP contribution is -2.70. The summed E-state index contributed by atoms with van der Waals surface area (Å²) in [5, 5.41) is 12.3. The highest BCUT2D eigenvalue weighted by molar-refractivity contribution is 5.69. The molecule has 5 aliphatic carbocycles. The predicted molar refractivity (Wildman–Crippen MR) is 206 cm³/mol. The number of carbonyl (C=O) groups is 1. The zero-order valence-electron chi connectivity index (χ0n) is 33.9. The molecule has 0 aliphatic heterocycles. The average molecular weight is 681 g/mol. The second-order valence-corrected chi connectivity index (χ2v) is 20.3. The van der Waals surface area contributed by atoms with Crippen molar-refractivity contribution < 1.29 is 14.6 Å². The number of esters is 1. The molecule has 4 fully saturated rings. The number of aliphatic hydroxyl groups excluding tert-OH is 1. The Morgan fingerprint density at radius 3 is 2.00 bits per heavy atom. The van der Waals surface area contributed by atoms with Gasteiger partial charge < -0.3 is 9.84 Å². The van der Waals surface area contributed by atoms with E-state index in [1.54, 1.807) is 5.57 Å². The first-order valence-corrected chi connectivity index (χ1v) is 21.7. The Kier molecular flexibility index (Phi) is 12.6. The largest absolute Gasteiger partial charge is 0.462 e. The van der Waals surface area contributed by atoms with Gasteiger partial charge in [0.2, 0.25) is 0 Å². The first kappa shape index (κ1) is 39.4. The smallest absolute Gasteiger partial charge is 0.306 e. The Morgan fingerprint density at radius 1 is 0.796 bits per heavy atom. The van der Waals surface area contributed by atoms with Crippen molar-refractivity contribution in [1.82, 2.24) is 0 Å². The van der Waals surface area contributed by atoms with Gasteiger partial charge in [0.25, 0.3) is 0 Å². The highest BCUT2D eigenvalue weighted by Gasteiger charge is 2.71. The number of hydrogen-bond donors (Lipinski definition) is 1. The van der Waals surface area contributed by atoms with Gasteiger partial charge in [-0.3, -0.25) is 4.79 Å². The molecular weight excluding hydrogens is 601 g/mol. The summed E-state index contributed by atoms with van der Waals surface area (Å²) in [6.07, 6.45) is 29.1. The van der Waals surface area contributed by atoms with Gasteiger partial charge in [-0.25, -0.2) is 0 Å². The van der Waals surface area contributed by atoms with Crippen molar-refractivity contribution in [2.45, 2.75) is 216 Å². The van der Waals surface area contributed by atoms with E-state index in [2.05, 4.69) is 68.4 Å². The Labute approximate surface area is 304 Å². The number of unbranched alkanes of at least 4 members (excludes halogenated alkanes) is 12. The van der Waals surface area contributed by atoms with Gasteiger partial charge in [0.1, 0.15) is 6.10 Å². The maximum Gasteiger partial charge on any atom is 0.306 e. The van der Waals surface area contributed by atoms with Crippen molar-refractivity contribution in [2.75, 3.05) is 0 Å². The van der Waals surface area contributed by atoms with Gasteiger partial charge in [-0.1, -0.05) is 144 Å². The van der Waals surface area contributed by atoms with Crippen molar-refractivity contribution in [3.05, 3.63) is 11.6 Å². The molecule has 0 spiro atoms. The Hall–Kier alpha value is -0.830. The third kappa shape index (κ3) is 7.38. The number of allylic oxidation sites excluding steroid dienone is 2. The molecule has 49 heavy (non-hydrogen) atoms. The minimum Gasteiger partial charge on any atom is -0.462 e. The van der Waals surface area contributed by atoms with Gasteiger partial charge in [-0.2, -0.15) is 0 Å². The van der Waals surface area contributed by atoms with E-state index < -0.39 is 0 Å². The topological polar surface area (TPSA) is 46.5 Å². The van der Waals surface area contributed by atoms with Crippen molar-refractivity contribution in [1.29, 1.82) is 0 Å². The maximum absolute atomic E-state index is 13.2. The normalized spacial score (nSPS) is 42.7. The molecule has 0 bridgehead atoms. The molecule has 4 saturated carbocycles. The van der Waals surface area contributed by atoms with Crippen LogP contribution in [0.25, 0.3) is 0 Å². The number of carbonyl (C=O) groups excluding carboxylic acids is 1. The van der Waals surface area contributed by atoms with Crippen LogP contribution in [0.1, 0.15) is 204 Å². The monoisotopic (exact) mass is 681 g/mol. The molecule has 5 rings (SSSR count). The lowest BCUT2D eigenvalue weighted by atomic mass is 9.31. The molecule has 2 unspecified atom stereocenters. The van der Waals surface area contributed by atoms with Crippen LogP contribution >= 0.6 is 0 Å². The van der Waals surface area contributed by atoms with Crippen LogP contribution in [0.15, 0.2) is 11.6 Å². The van der Waals surface area contributed by atoms with Gasteiger partial charge in [0.05, 0.1) is 6.10 Å². The van der Waals surface area contributed by atoms with Gasteiger partial charge in [-0.15, -0.1) is 0 Å². The second-order valence-electron chi connectivity index (χ2n) is 20.3. The van der Waals surface area contributed by atoms with E-state index in [9.17, 15) is 9.90 Å². The van der Waals surface area contributed by atoms with E-state index in [4.69, 9.17) is 4.74 Å². The minimum absolute atomic E-state index is 0.0101. The Morgan fingerprint density at radius 2 is 1.39 bits per heavy atom. The summed E-state index contributed by atoms with van der Waals surface area (Å²) in [4.78, 5) is 13.2. The SMILES string of the molecule is CCCCCCCCCCCCCCCC(=O)OC1CC[C@]2(C)[C@H]3CC[C@@H]4[C@H]5[C@H](C)C(C)=CC[C@]5(C)CC[C@@]4(C)[C@]3(C)CC(O)[C@H]2C1(C)C. The van der Waals surface area contributed by atoms with Gasteiger partial charge in [0, 0.05) is 11.8 Å². The molecular formula is C46H80O3. The van der Waals surface area contributed by atoms with Crippen LogP contribution in [0.2, 0.25) is 0 Å². The lowest BCUT2D eigenvalue weighted by Gasteiger charge is -2.74. The average Bonchev–Trinajstić information content (AvgIpc) is 3.03. The molecule has 0 heterocycles. The third-order valence-electron chi connectivity index (χ3n) is 17.1. The fourth-order valence-electron chi connectivity index (χ4n) is 14.1. The fraction of sp³-hybridized carbons (Fsp3) is 0.935. The molecule has 3 heteroatoms. The summed E-state index contributed by atoms with van der Waals surface area (Å²) in [6, 6.07) is 0. The molecule has 11 atom stereocenters. The van der Waals surface area contributed by atoms with E-state index in [1.807, 2.05) is 0 Å². The first-order valence-electron chi connectivity index (χ1n) is 21.7. The van der Waals surface area contributed by atoms with Crippen LogP contribution in [-0.4, -0.2) is 23.3 Å². The quantitative estimate of drug-likeness (QED) is 0.106. The van der Waals surface area contributed by atoms with Gasteiger partial charge in [0.15, 0.2) is 0 Å². The molecule has 5 aliphatic rings. The van der Waals surface area contributed by atoms with Crippen molar-refractivity contribution in [2.24, 2.45) is 56.7 Å². The molecule has 282 valence electrons. The van der Waals surface area contributed by atoms with E-state index in [-0.39, 0.29) is 45.8 Å². The summed E-state index contributed by atoms with van der Waals surface area (Å²) in [5.41, 5.74) is 2.24. The van der Waals surface area contributed by atoms with Crippen LogP contribution in [0, 0.1) is 56.7 Å². The first-order chi connectivity index (χ1) is 23.2. The molecule has 0 radical (unpaired) electrons. The van der Waals surface area contributed by atoms with Crippen LogP contribution in [0.4, 0.5) is 0 Å². The summed E-state index contributed by atoms with van der Waals surface area (Å²) in [7, 11) is 0. The van der Waals surface area contributed by atoms with Crippen molar-refractivity contribution >= 4 is 5.97 Å². The van der Waals surface area contributed by atoms with E-state index in [0.29, 0.717) is 23.7 Å². The molecule has 0 saturated heterocycles. The van der Waals surface area contributed by atoms with Gasteiger partial charge >= 0.3 is 5.97 Å². The summed E-state index contributed by atoms with van der Waals surface area (Å²) in [5.74, 6) is 2.89. The molecule has 1 N–H and O–H groups in total. The lowest BCUT2D eigenvalue weighted by molar-refractivity contribution is -0.278. The predicted octanol–water partition coefficient (Wildman–Crippen LogP) is 13.0. The van der Waals surface area contributed by atoms with Crippen LogP contribution in [0.5, 0.6) is 0 Å². The van der Waals surface area contributed by atoms with E-state index in [1.165, 1.54) is 103 Å². The summed E-state index contributed by atoms with van der Waals surface area (Å²) in [6.45, 7) is 22.2. The standard InChI is InChI=1S/C46H80O3/c1-10-11-12-13-14-15-16-17-18-19-20-21-22-23-39(48)49-38-27-29-44(7)37-25-24-35-40-34(3)33(2)26-28-43(40,6)30-31-45(35,8)46(37,9)32-36(47)41(44)42(38,4)5/h26,34-38,40-41,47H,10-25,27-32H2,1-9H3/t34-,35-,36?,37-,38?,40-,41+,43-,44-,45-,46-/m1/s1. The number of fused-ring (bicyclic) bond motifs is 7. The fourth-order valence-corrected chi connectivity index (χ4v) is 14.1. The molecule has 0 aromatic rings. The van der Waals surface area contributed by atoms with Crippen LogP contribution in [-0.2, 0) is 9.53 Å². The summed E-state index contributed by atoms with van der Waals surface area (Å²) >= 11 is 0. The Balaban J connectivity index is 1.14. The highest BCUT2D eigenvalue weighted by Crippen LogP contribution is 2.76. The van der Waals surface area contributed by atoms with Crippen molar-refractivity contribution in [3.63, 3.8) is 0 Å².